The first kappa shape index (κ1) is 15.6. The summed E-state index contributed by atoms with van der Waals surface area (Å²) in [6.07, 6.45) is 1.68. The maximum Gasteiger partial charge on any atom is 0.243 e. The molecule has 3 heterocycles. The first-order chi connectivity index (χ1) is 10.6. The van der Waals surface area contributed by atoms with Gasteiger partial charge in [-0.15, -0.1) is 22.7 Å². The molecular formula is C15H19N3O2S2. The Labute approximate surface area is 137 Å². The van der Waals surface area contributed by atoms with Crippen molar-refractivity contribution >= 4 is 33.7 Å². The number of nitrogens with two attached hydrogens (primary N) is 1. The smallest absolute Gasteiger partial charge is 0.243 e. The Bertz CT molecular complexity index is 647. The maximum atomic E-state index is 12.3. The molecule has 3 rings (SSSR count). The van der Waals surface area contributed by atoms with Gasteiger partial charge in [0.05, 0.1) is 16.6 Å². The number of thiophene rings is 1. The van der Waals surface area contributed by atoms with Crippen molar-refractivity contribution in [3.63, 3.8) is 0 Å². The number of thiazole rings is 1. The average molecular weight is 337 g/mol. The zero-order chi connectivity index (χ0) is 15.5. The number of hydrogen-bond donors (Lipinski definition) is 2. The van der Waals surface area contributed by atoms with Gasteiger partial charge in [0.25, 0.3) is 0 Å². The van der Waals surface area contributed by atoms with Gasteiger partial charge in [0.2, 0.25) is 5.91 Å². The Balaban J connectivity index is 1.63. The van der Waals surface area contributed by atoms with Crippen LogP contribution < -0.4 is 11.1 Å². The van der Waals surface area contributed by atoms with E-state index in [2.05, 4.69) is 29.4 Å². The van der Waals surface area contributed by atoms with Crippen molar-refractivity contribution in [2.75, 3.05) is 18.5 Å². The van der Waals surface area contributed by atoms with Crippen LogP contribution in [-0.2, 0) is 9.53 Å². The van der Waals surface area contributed by atoms with Crippen LogP contribution in [0, 0.1) is 12.8 Å². The maximum absolute atomic E-state index is 12.3. The average Bonchev–Trinajstić information content (AvgIpc) is 3.16. The van der Waals surface area contributed by atoms with Crippen LogP contribution in [-0.4, -0.2) is 30.1 Å². The van der Waals surface area contributed by atoms with Crippen LogP contribution in [0.25, 0.3) is 10.6 Å². The molecule has 1 aliphatic rings. The summed E-state index contributed by atoms with van der Waals surface area (Å²) >= 11 is 3.12. The molecule has 0 spiro atoms. The molecule has 2 aromatic rings. The van der Waals surface area contributed by atoms with Crippen LogP contribution in [0.1, 0.15) is 17.7 Å². The van der Waals surface area contributed by atoms with Gasteiger partial charge in [0.1, 0.15) is 0 Å². The summed E-state index contributed by atoms with van der Waals surface area (Å²) in [6.45, 7) is 3.44. The van der Waals surface area contributed by atoms with Crippen LogP contribution in [0.3, 0.4) is 0 Å². The van der Waals surface area contributed by atoms with Crippen LogP contribution in [0.2, 0.25) is 0 Å². The highest BCUT2D eigenvalue weighted by atomic mass is 32.1. The number of aromatic nitrogens is 1. The number of anilines is 1. The van der Waals surface area contributed by atoms with Crippen molar-refractivity contribution in [1.82, 2.24) is 4.98 Å². The number of amides is 1. The van der Waals surface area contributed by atoms with Crippen LogP contribution in [0.4, 0.5) is 5.13 Å². The minimum atomic E-state index is -0.500. The standard InChI is InChI=1S/C15H19N3O2S2/c1-9-2-3-12(22-9)11-8-21-15(17-11)18-14(19)13(16)10-4-6-20-7-5-10/h2-3,8,10,13H,4-7,16H2,1H3,(H,17,18,19). The highest BCUT2D eigenvalue weighted by molar-refractivity contribution is 7.17. The fourth-order valence-corrected chi connectivity index (χ4v) is 4.11. The van der Waals surface area contributed by atoms with Gasteiger partial charge < -0.3 is 15.8 Å². The Kier molecular flexibility index (Phi) is 4.87. The fourth-order valence-electron chi connectivity index (χ4n) is 2.49. The van der Waals surface area contributed by atoms with E-state index in [0.29, 0.717) is 18.3 Å². The van der Waals surface area contributed by atoms with Crippen molar-refractivity contribution in [1.29, 1.82) is 0 Å². The summed E-state index contributed by atoms with van der Waals surface area (Å²) in [5, 5.41) is 5.41. The van der Waals surface area contributed by atoms with E-state index in [1.807, 2.05) is 5.38 Å². The van der Waals surface area contributed by atoms with Gasteiger partial charge in [-0.3, -0.25) is 4.79 Å². The Morgan fingerprint density at radius 2 is 2.23 bits per heavy atom. The molecule has 2 aromatic heterocycles. The van der Waals surface area contributed by atoms with Crippen LogP contribution >= 0.6 is 22.7 Å². The lowest BCUT2D eigenvalue weighted by Gasteiger charge is -2.26. The molecule has 0 aromatic carbocycles. The van der Waals surface area contributed by atoms with Gasteiger partial charge in [-0.1, -0.05) is 0 Å². The molecule has 0 bridgehead atoms. The van der Waals surface area contributed by atoms with E-state index < -0.39 is 6.04 Å². The fraction of sp³-hybridized carbons (Fsp3) is 0.467. The van der Waals surface area contributed by atoms with Crippen molar-refractivity contribution in [2.45, 2.75) is 25.8 Å². The number of ether oxygens (including phenoxy) is 1. The topological polar surface area (TPSA) is 77.2 Å². The number of nitrogens with one attached hydrogen (secondary N) is 1. The molecule has 5 nitrogen and oxygen atoms in total. The first-order valence-corrected chi connectivity index (χ1v) is 8.99. The van der Waals surface area contributed by atoms with Gasteiger partial charge >= 0.3 is 0 Å². The molecule has 1 saturated heterocycles. The van der Waals surface area contributed by atoms with E-state index >= 15 is 0 Å². The molecule has 1 unspecified atom stereocenters. The highest BCUT2D eigenvalue weighted by Gasteiger charge is 2.27. The lowest BCUT2D eigenvalue weighted by atomic mass is 9.92. The SMILES string of the molecule is Cc1ccc(-c2csc(NC(=O)C(N)C3CCOCC3)n2)s1. The number of carbonyl (C=O) groups is 1. The molecule has 118 valence electrons. The first-order valence-electron chi connectivity index (χ1n) is 7.30. The molecule has 1 amide bonds. The van der Waals surface area contributed by atoms with E-state index in [0.717, 1.165) is 23.4 Å². The van der Waals surface area contributed by atoms with Crippen molar-refractivity contribution in [2.24, 2.45) is 11.7 Å². The largest absolute Gasteiger partial charge is 0.381 e. The van der Waals surface area contributed by atoms with Gasteiger partial charge in [-0.05, 0) is 37.8 Å². The molecule has 0 radical (unpaired) electrons. The van der Waals surface area contributed by atoms with Gasteiger partial charge in [-0.2, -0.15) is 0 Å². The molecule has 0 aliphatic carbocycles. The Morgan fingerprint density at radius 3 is 2.91 bits per heavy atom. The van der Waals surface area contributed by atoms with Gasteiger partial charge in [0.15, 0.2) is 5.13 Å². The monoisotopic (exact) mass is 337 g/mol. The molecular weight excluding hydrogens is 318 g/mol. The zero-order valence-corrected chi connectivity index (χ0v) is 14.0. The molecule has 3 N–H and O–H groups in total. The van der Waals surface area contributed by atoms with Gasteiger partial charge in [0, 0.05) is 23.5 Å². The molecule has 0 saturated carbocycles. The van der Waals surface area contributed by atoms with E-state index in [4.69, 9.17) is 10.5 Å². The lowest BCUT2D eigenvalue weighted by molar-refractivity contribution is -0.119. The van der Waals surface area contributed by atoms with E-state index in [1.54, 1.807) is 11.3 Å². The summed E-state index contributed by atoms with van der Waals surface area (Å²) < 4.78 is 5.31. The van der Waals surface area contributed by atoms with Crippen molar-refractivity contribution in [3.8, 4) is 10.6 Å². The third-order valence-electron chi connectivity index (χ3n) is 3.80. The predicted molar refractivity (Wildman–Crippen MR) is 90.3 cm³/mol. The second-order valence-corrected chi connectivity index (χ2v) is 7.56. The van der Waals surface area contributed by atoms with E-state index in [1.165, 1.54) is 16.2 Å². The highest BCUT2D eigenvalue weighted by Crippen LogP contribution is 2.30. The molecule has 1 fully saturated rings. The van der Waals surface area contributed by atoms with Gasteiger partial charge in [-0.25, -0.2) is 4.98 Å². The van der Waals surface area contributed by atoms with E-state index in [-0.39, 0.29) is 11.8 Å². The van der Waals surface area contributed by atoms with Crippen molar-refractivity contribution in [3.05, 3.63) is 22.4 Å². The second-order valence-electron chi connectivity index (χ2n) is 5.41. The van der Waals surface area contributed by atoms with Crippen molar-refractivity contribution < 1.29 is 9.53 Å². The number of hydrogen-bond acceptors (Lipinski definition) is 6. The molecule has 1 aliphatic heterocycles. The second kappa shape index (κ2) is 6.87. The summed E-state index contributed by atoms with van der Waals surface area (Å²) in [7, 11) is 0. The minimum Gasteiger partial charge on any atom is -0.381 e. The minimum absolute atomic E-state index is 0.157. The molecule has 7 heteroatoms. The third kappa shape index (κ3) is 3.55. The normalized spacial score (nSPS) is 17.4. The zero-order valence-electron chi connectivity index (χ0n) is 12.4. The molecule has 22 heavy (non-hydrogen) atoms. The van der Waals surface area contributed by atoms with Crippen LogP contribution in [0.5, 0.6) is 0 Å². The quantitative estimate of drug-likeness (QED) is 0.899. The Hall–Kier alpha value is -1.28. The lowest BCUT2D eigenvalue weighted by Crippen LogP contribution is -2.43. The summed E-state index contributed by atoms with van der Waals surface area (Å²) in [5.41, 5.74) is 6.97. The number of carbonyl (C=O) groups excluding carboxylic acids is 1. The summed E-state index contributed by atoms with van der Waals surface area (Å²) in [4.78, 5) is 19.1. The van der Waals surface area contributed by atoms with E-state index in [9.17, 15) is 4.79 Å². The molecule has 1 atom stereocenters. The number of rotatable bonds is 4. The number of nitrogens with zero attached hydrogens (tertiary/aromatic N) is 1. The summed E-state index contributed by atoms with van der Waals surface area (Å²) in [6, 6.07) is 3.62. The van der Waals surface area contributed by atoms with Crippen LogP contribution in [0.15, 0.2) is 17.5 Å². The summed E-state index contributed by atoms with van der Waals surface area (Å²) in [5.74, 6) is 0.0308. The predicted octanol–water partition coefficient (Wildman–Crippen LogP) is 2.87. The Morgan fingerprint density at radius 1 is 1.45 bits per heavy atom. The third-order valence-corrected chi connectivity index (χ3v) is 5.58. The number of aryl methyl sites for hydroxylation is 1.